The Morgan fingerprint density at radius 1 is 1.13 bits per heavy atom. The molecule has 0 unspecified atom stereocenters. The maximum absolute atomic E-state index is 13.3. The molecular formula is C24H19ClFNO3S. The van der Waals surface area contributed by atoms with Gasteiger partial charge in [-0.1, -0.05) is 54.9 Å². The van der Waals surface area contributed by atoms with Gasteiger partial charge in [0.05, 0.1) is 18.1 Å². The van der Waals surface area contributed by atoms with Crippen molar-refractivity contribution >= 4 is 51.4 Å². The molecule has 4 rings (SSSR count). The van der Waals surface area contributed by atoms with Crippen LogP contribution in [0.2, 0.25) is 5.02 Å². The fourth-order valence-electron chi connectivity index (χ4n) is 3.35. The second-order valence-electron chi connectivity index (χ2n) is 7.05. The summed E-state index contributed by atoms with van der Waals surface area (Å²) in [4.78, 5) is 27.0. The van der Waals surface area contributed by atoms with E-state index in [2.05, 4.69) is 0 Å². The summed E-state index contributed by atoms with van der Waals surface area (Å²) in [5.41, 5.74) is 1.26. The molecule has 3 aromatic rings. The lowest BCUT2D eigenvalue weighted by Gasteiger charge is -2.14. The lowest BCUT2D eigenvalue weighted by atomic mass is 10.0. The van der Waals surface area contributed by atoms with Gasteiger partial charge in [0.25, 0.3) is 11.1 Å². The first-order valence-electron chi connectivity index (χ1n) is 9.81. The van der Waals surface area contributed by atoms with Crippen molar-refractivity contribution < 1.29 is 18.7 Å². The van der Waals surface area contributed by atoms with Crippen LogP contribution in [0.25, 0.3) is 16.8 Å². The summed E-state index contributed by atoms with van der Waals surface area (Å²) < 4.78 is 19.2. The second-order valence-corrected chi connectivity index (χ2v) is 8.45. The highest BCUT2D eigenvalue weighted by molar-refractivity contribution is 8.18. The fourth-order valence-corrected chi connectivity index (χ4v) is 4.40. The molecule has 0 spiro atoms. The molecule has 31 heavy (non-hydrogen) atoms. The maximum atomic E-state index is 13.3. The monoisotopic (exact) mass is 455 g/mol. The van der Waals surface area contributed by atoms with Crippen LogP contribution in [-0.4, -0.2) is 22.7 Å². The minimum Gasteiger partial charge on any atom is -0.493 e. The summed E-state index contributed by atoms with van der Waals surface area (Å²) in [6.07, 6.45) is 2.56. The zero-order chi connectivity index (χ0) is 22.0. The zero-order valence-corrected chi connectivity index (χ0v) is 18.3. The van der Waals surface area contributed by atoms with E-state index in [1.54, 1.807) is 6.08 Å². The van der Waals surface area contributed by atoms with E-state index in [0.29, 0.717) is 22.8 Å². The van der Waals surface area contributed by atoms with Crippen molar-refractivity contribution in [1.29, 1.82) is 0 Å². The van der Waals surface area contributed by atoms with E-state index in [0.717, 1.165) is 39.4 Å². The third-order valence-electron chi connectivity index (χ3n) is 4.88. The normalized spacial score (nSPS) is 15.3. The number of hydrogen-bond acceptors (Lipinski definition) is 4. The standard InChI is InChI=1S/C24H19ClFNO3S/c1-2-11-30-21-10-8-15-5-3-4-6-18(15)19(21)13-22-23(28)27(24(29)31-22)14-16-7-9-17(26)12-20(16)25/h3-10,12-13H,2,11,14H2,1H3/b22-13-. The van der Waals surface area contributed by atoms with E-state index < -0.39 is 17.0 Å². The molecule has 7 heteroatoms. The predicted molar refractivity (Wildman–Crippen MR) is 123 cm³/mol. The molecule has 1 aliphatic heterocycles. The van der Waals surface area contributed by atoms with E-state index in [9.17, 15) is 14.0 Å². The Labute approximate surface area is 188 Å². The summed E-state index contributed by atoms with van der Waals surface area (Å²) in [6.45, 7) is 2.55. The average Bonchev–Trinajstić information content (AvgIpc) is 3.02. The molecule has 1 aliphatic rings. The first-order valence-corrected chi connectivity index (χ1v) is 11.0. The predicted octanol–water partition coefficient (Wildman–Crippen LogP) is 6.66. The quantitative estimate of drug-likeness (QED) is 0.390. The Morgan fingerprint density at radius 3 is 2.71 bits per heavy atom. The fraction of sp³-hybridized carbons (Fsp3) is 0.167. The van der Waals surface area contributed by atoms with Crippen LogP contribution in [0.15, 0.2) is 59.5 Å². The lowest BCUT2D eigenvalue weighted by molar-refractivity contribution is -0.123. The van der Waals surface area contributed by atoms with Gasteiger partial charge in [0.15, 0.2) is 0 Å². The number of benzene rings is 3. The number of carbonyl (C=O) groups excluding carboxylic acids is 2. The van der Waals surface area contributed by atoms with Gasteiger partial charge in [0, 0.05) is 10.6 Å². The van der Waals surface area contributed by atoms with Crippen LogP contribution in [0.4, 0.5) is 9.18 Å². The number of halogens is 2. The second kappa shape index (κ2) is 9.12. The molecule has 2 amide bonds. The van der Waals surface area contributed by atoms with Crippen LogP contribution in [0.3, 0.4) is 0 Å². The molecule has 0 aliphatic carbocycles. The Balaban J connectivity index is 1.70. The summed E-state index contributed by atoms with van der Waals surface area (Å²) in [7, 11) is 0. The molecule has 0 saturated carbocycles. The van der Waals surface area contributed by atoms with Crippen molar-refractivity contribution in [1.82, 2.24) is 4.90 Å². The maximum Gasteiger partial charge on any atom is 0.293 e. The molecule has 1 heterocycles. The number of hydrogen-bond donors (Lipinski definition) is 0. The molecule has 0 aromatic heterocycles. The molecule has 1 fully saturated rings. The SMILES string of the molecule is CCCOc1ccc2ccccc2c1/C=C1\SC(=O)N(Cc2ccc(F)cc2Cl)C1=O. The Kier molecular flexibility index (Phi) is 6.30. The van der Waals surface area contributed by atoms with E-state index in [1.165, 1.54) is 18.2 Å². The summed E-state index contributed by atoms with van der Waals surface area (Å²) in [5.74, 6) is -0.225. The molecule has 1 saturated heterocycles. The van der Waals surface area contributed by atoms with Crippen molar-refractivity contribution in [2.45, 2.75) is 19.9 Å². The van der Waals surface area contributed by atoms with E-state index >= 15 is 0 Å². The number of nitrogens with zero attached hydrogens (tertiary/aromatic N) is 1. The van der Waals surface area contributed by atoms with Gasteiger partial charge >= 0.3 is 0 Å². The van der Waals surface area contributed by atoms with Crippen molar-refractivity contribution in [2.75, 3.05) is 6.61 Å². The topological polar surface area (TPSA) is 46.6 Å². The number of rotatable bonds is 6. The van der Waals surface area contributed by atoms with E-state index in [1.807, 2.05) is 43.3 Å². The number of fused-ring (bicyclic) bond motifs is 1. The molecule has 0 bridgehead atoms. The third-order valence-corrected chi connectivity index (χ3v) is 6.14. The van der Waals surface area contributed by atoms with Gasteiger partial charge in [-0.15, -0.1) is 0 Å². The van der Waals surface area contributed by atoms with Crippen LogP contribution in [0, 0.1) is 5.82 Å². The zero-order valence-electron chi connectivity index (χ0n) is 16.7. The molecule has 4 nitrogen and oxygen atoms in total. The van der Waals surface area contributed by atoms with Crippen LogP contribution >= 0.6 is 23.4 Å². The van der Waals surface area contributed by atoms with Gasteiger partial charge in [0.1, 0.15) is 11.6 Å². The molecule has 3 aromatic carbocycles. The van der Waals surface area contributed by atoms with Crippen LogP contribution in [0.5, 0.6) is 5.75 Å². The van der Waals surface area contributed by atoms with Crippen molar-refractivity contribution in [2.24, 2.45) is 0 Å². The number of ether oxygens (including phenoxy) is 1. The third kappa shape index (κ3) is 4.45. The van der Waals surface area contributed by atoms with Gasteiger partial charge in [-0.25, -0.2) is 4.39 Å². The minimum absolute atomic E-state index is 0.0180. The van der Waals surface area contributed by atoms with Crippen molar-refractivity contribution in [3.8, 4) is 5.75 Å². The Bertz CT molecular complexity index is 1210. The van der Waals surface area contributed by atoms with Crippen LogP contribution in [-0.2, 0) is 11.3 Å². The minimum atomic E-state index is -0.474. The highest BCUT2D eigenvalue weighted by Crippen LogP contribution is 2.38. The van der Waals surface area contributed by atoms with Crippen molar-refractivity contribution in [3.63, 3.8) is 0 Å². The van der Waals surface area contributed by atoms with Gasteiger partial charge in [-0.3, -0.25) is 14.5 Å². The van der Waals surface area contributed by atoms with Gasteiger partial charge in [0.2, 0.25) is 0 Å². The molecular weight excluding hydrogens is 437 g/mol. The number of carbonyl (C=O) groups is 2. The largest absolute Gasteiger partial charge is 0.493 e. The van der Waals surface area contributed by atoms with Crippen molar-refractivity contribution in [3.05, 3.63) is 81.5 Å². The summed E-state index contributed by atoms with van der Waals surface area (Å²) >= 11 is 6.95. The van der Waals surface area contributed by atoms with Gasteiger partial charge < -0.3 is 4.74 Å². The smallest absolute Gasteiger partial charge is 0.293 e. The number of amides is 2. The van der Waals surface area contributed by atoms with Crippen LogP contribution < -0.4 is 4.74 Å². The Hall–Kier alpha value is -2.83. The van der Waals surface area contributed by atoms with E-state index in [4.69, 9.17) is 16.3 Å². The summed E-state index contributed by atoms with van der Waals surface area (Å²) in [5, 5.41) is 1.72. The summed E-state index contributed by atoms with van der Waals surface area (Å²) in [6, 6.07) is 15.6. The first kappa shape index (κ1) is 21.4. The molecule has 0 atom stereocenters. The highest BCUT2D eigenvalue weighted by atomic mass is 35.5. The van der Waals surface area contributed by atoms with Crippen LogP contribution in [0.1, 0.15) is 24.5 Å². The highest BCUT2D eigenvalue weighted by Gasteiger charge is 2.35. The number of thioether (sulfide) groups is 1. The van der Waals surface area contributed by atoms with Gasteiger partial charge in [-0.05, 0) is 58.8 Å². The average molecular weight is 456 g/mol. The van der Waals surface area contributed by atoms with E-state index in [-0.39, 0.29) is 11.6 Å². The van der Waals surface area contributed by atoms with Gasteiger partial charge in [-0.2, -0.15) is 0 Å². The lowest BCUT2D eigenvalue weighted by Crippen LogP contribution is -2.27. The Morgan fingerprint density at radius 2 is 1.94 bits per heavy atom. The first-order chi connectivity index (χ1) is 15.0. The molecule has 158 valence electrons. The molecule has 0 radical (unpaired) electrons. The number of imide groups is 1. The molecule has 0 N–H and O–H groups in total.